The van der Waals surface area contributed by atoms with Crippen molar-refractivity contribution in [3.8, 4) is 0 Å². The van der Waals surface area contributed by atoms with E-state index in [1.54, 1.807) is 14.2 Å². The third kappa shape index (κ3) is 8.77. The standard InChI is InChI=1S/C15H30N4O2.HI/c1-4-12-5-7-13(8-6-12)19-15(16-2)18-11-14(20)17-9-10-21-3;/h12-13H,4-11H2,1-3H3,(H,17,20)(H2,16,18,19);1H. The molecule has 1 amide bonds. The van der Waals surface area contributed by atoms with Crippen LogP contribution in [-0.2, 0) is 9.53 Å². The summed E-state index contributed by atoms with van der Waals surface area (Å²) in [6.45, 7) is 3.55. The lowest BCUT2D eigenvalue weighted by atomic mass is 9.84. The summed E-state index contributed by atoms with van der Waals surface area (Å²) in [4.78, 5) is 15.8. The summed E-state index contributed by atoms with van der Waals surface area (Å²) in [5.41, 5.74) is 0. The van der Waals surface area contributed by atoms with Gasteiger partial charge in [-0.2, -0.15) is 0 Å². The third-order valence-electron chi connectivity index (χ3n) is 4.03. The quantitative estimate of drug-likeness (QED) is 0.250. The number of guanidine groups is 1. The topological polar surface area (TPSA) is 74.8 Å². The highest BCUT2D eigenvalue weighted by Gasteiger charge is 2.20. The zero-order valence-corrected chi connectivity index (χ0v) is 16.3. The molecule has 0 aromatic heterocycles. The van der Waals surface area contributed by atoms with Gasteiger partial charge in [0.15, 0.2) is 5.96 Å². The molecular weight excluding hydrogens is 395 g/mol. The Hall–Kier alpha value is -0.570. The van der Waals surface area contributed by atoms with E-state index in [1.165, 1.54) is 32.1 Å². The summed E-state index contributed by atoms with van der Waals surface area (Å²) in [5, 5.41) is 9.23. The maximum Gasteiger partial charge on any atom is 0.239 e. The van der Waals surface area contributed by atoms with Gasteiger partial charge in [-0.1, -0.05) is 13.3 Å². The maximum atomic E-state index is 11.6. The van der Waals surface area contributed by atoms with Crippen molar-refractivity contribution in [2.24, 2.45) is 10.9 Å². The minimum Gasteiger partial charge on any atom is -0.383 e. The number of amides is 1. The van der Waals surface area contributed by atoms with Crippen molar-refractivity contribution >= 4 is 35.8 Å². The lowest BCUT2D eigenvalue weighted by Gasteiger charge is -2.29. The molecule has 0 spiro atoms. The molecular formula is C15H31IN4O2. The van der Waals surface area contributed by atoms with Crippen molar-refractivity contribution in [1.82, 2.24) is 16.0 Å². The van der Waals surface area contributed by atoms with Gasteiger partial charge in [0.25, 0.3) is 0 Å². The Kier molecular flexibility index (Phi) is 12.6. The molecule has 0 unspecified atom stereocenters. The number of ether oxygens (including phenoxy) is 1. The molecule has 1 fully saturated rings. The molecule has 0 heterocycles. The number of methoxy groups -OCH3 is 1. The Morgan fingerprint density at radius 3 is 2.45 bits per heavy atom. The first-order chi connectivity index (χ1) is 10.2. The Morgan fingerprint density at radius 1 is 1.23 bits per heavy atom. The van der Waals surface area contributed by atoms with Crippen LogP contribution in [0.3, 0.4) is 0 Å². The highest BCUT2D eigenvalue weighted by Crippen LogP contribution is 2.26. The predicted molar refractivity (Wildman–Crippen MR) is 101 cm³/mol. The van der Waals surface area contributed by atoms with Gasteiger partial charge in [0.2, 0.25) is 5.91 Å². The van der Waals surface area contributed by atoms with Crippen LogP contribution in [0.2, 0.25) is 0 Å². The van der Waals surface area contributed by atoms with Crippen molar-refractivity contribution < 1.29 is 9.53 Å². The number of hydrogen-bond donors (Lipinski definition) is 3. The average Bonchev–Trinajstić information content (AvgIpc) is 2.52. The summed E-state index contributed by atoms with van der Waals surface area (Å²) < 4.78 is 4.89. The Bertz CT molecular complexity index is 332. The van der Waals surface area contributed by atoms with E-state index < -0.39 is 0 Å². The summed E-state index contributed by atoms with van der Waals surface area (Å²) in [7, 11) is 3.35. The van der Waals surface area contributed by atoms with Gasteiger partial charge < -0.3 is 20.7 Å². The molecule has 130 valence electrons. The number of halogens is 1. The second-order valence-corrected chi connectivity index (χ2v) is 5.54. The lowest BCUT2D eigenvalue weighted by Crippen LogP contribution is -2.47. The monoisotopic (exact) mass is 426 g/mol. The Labute approximate surface area is 151 Å². The van der Waals surface area contributed by atoms with Crippen LogP contribution in [-0.4, -0.2) is 51.8 Å². The van der Waals surface area contributed by atoms with Gasteiger partial charge in [-0.25, -0.2) is 0 Å². The first-order valence-corrected chi connectivity index (χ1v) is 7.92. The molecule has 0 saturated heterocycles. The summed E-state index contributed by atoms with van der Waals surface area (Å²) >= 11 is 0. The van der Waals surface area contributed by atoms with E-state index in [1.807, 2.05) is 0 Å². The van der Waals surface area contributed by atoms with Crippen LogP contribution in [0.25, 0.3) is 0 Å². The van der Waals surface area contributed by atoms with Crippen molar-refractivity contribution in [3.05, 3.63) is 0 Å². The first-order valence-electron chi connectivity index (χ1n) is 7.92. The smallest absolute Gasteiger partial charge is 0.239 e. The molecule has 22 heavy (non-hydrogen) atoms. The molecule has 6 nitrogen and oxygen atoms in total. The van der Waals surface area contributed by atoms with E-state index in [0.29, 0.717) is 25.2 Å². The fourth-order valence-corrected chi connectivity index (χ4v) is 2.62. The van der Waals surface area contributed by atoms with Crippen LogP contribution in [0.5, 0.6) is 0 Å². The number of carbonyl (C=O) groups is 1. The van der Waals surface area contributed by atoms with Crippen molar-refractivity contribution in [2.45, 2.75) is 45.1 Å². The van der Waals surface area contributed by atoms with Gasteiger partial charge in [0, 0.05) is 26.7 Å². The van der Waals surface area contributed by atoms with Crippen LogP contribution in [0.15, 0.2) is 4.99 Å². The van der Waals surface area contributed by atoms with Gasteiger partial charge in [-0.3, -0.25) is 9.79 Å². The molecule has 0 aromatic carbocycles. The second-order valence-electron chi connectivity index (χ2n) is 5.54. The largest absolute Gasteiger partial charge is 0.383 e. The van der Waals surface area contributed by atoms with Gasteiger partial charge in [-0.05, 0) is 31.6 Å². The van der Waals surface area contributed by atoms with Gasteiger partial charge in [0.1, 0.15) is 0 Å². The average molecular weight is 426 g/mol. The van der Waals surface area contributed by atoms with E-state index in [2.05, 4.69) is 27.9 Å². The second kappa shape index (κ2) is 12.9. The van der Waals surface area contributed by atoms with Crippen molar-refractivity contribution in [2.75, 3.05) is 33.9 Å². The molecule has 0 aromatic rings. The fourth-order valence-electron chi connectivity index (χ4n) is 2.62. The third-order valence-corrected chi connectivity index (χ3v) is 4.03. The van der Waals surface area contributed by atoms with Crippen LogP contribution in [0, 0.1) is 5.92 Å². The van der Waals surface area contributed by atoms with E-state index >= 15 is 0 Å². The zero-order valence-electron chi connectivity index (χ0n) is 14.0. The molecule has 0 bridgehead atoms. The molecule has 3 N–H and O–H groups in total. The van der Waals surface area contributed by atoms with Crippen molar-refractivity contribution in [3.63, 3.8) is 0 Å². The molecule has 1 rings (SSSR count). The van der Waals surface area contributed by atoms with E-state index in [-0.39, 0.29) is 36.4 Å². The van der Waals surface area contributed by atoms with Crippen LogP contribution >= 0.6 is 24.0 Å². The highest BCUT2D eigenvalue weighted by atomic mass is 127. The van der Waals surface area contributed by atoms with Crippen LogP contribution < -0.4 is 16.0 Å². The molecule has 1 aliphatic carbocycles. The van der Waals surface area contributed by atoms with Crippen molar-refractivity contribution in [1.29, 1.82) is 0 Å². The first kappa shape index (κ1) is 21.4. The SMILES string of the molecule is CCC1CCC(NC(=NC)NCC(=O)NCCOC)CC1.I. The number of aliphatic imine (C=N–C) groups is 1. The normalized spacial score (nSPS) is 21.7. The molecule has 0 radical (unpaired) electrons. The van der Waals surface area contributed by atoms with E-state index in [9.17, 15) is 4.79 Å². The lowest BCUT2D eigenvalue weighted by molar-refractivity contribution is -0.120. The number of carbonyl (C=O) groups excluding carboxylic acids is 1. The van der Waals surface area contributed by atoms with Gasteiger partial charge in [0.05, 0.1) is 13.2 Å². The number of nitrogens with one attached hydrogen (secondary N) is 3. The maximum absolute atomic E-state index is 11.6. The minimum absolute atomic E-state index is 0. The molecule has 1 saturated carbocycles. The Morgan fingerprint density at radius 2 is 1.91 bits per heavy atom. The molecule has 0 aliphatic heterocycles. The van der Waals surface area contributed by atoms with Gasteiger partial charge in [-0.15, -0.1) is 24.0 Å². The summed E-state index contributed by atoms with van der Waals surface area (Å²) in [5.74, 6) is 1.53. The minimum atomic E-state index is -0.0512. The zero-order chi connectivity index (χ0) is 15.5. The molecule has 0 atom stereocenters. The number of hydrogen-bond acceptors (Lipinski definition) is 3. The molecule has 1 aliphatic rings. The Balaban J connectivity index is 0.00000441. The summed E-state index contributed by atoms with van der Waals surface area (Å²) in [6.07, 6.45) is 6.20. The summed E-state index contributed by atoms with van der Waals surface area (Å²) in [6, 6.07) is 0.468. The van der Waals surface area contributed by atoms with E-state index in [4.69, 9.17) is 4.74 Å². The molecule has 7 heteroatoms. The fraction of sp³-hybridized carbons (Fsp3) is 0.867. The predicted octanol–water partition coefficient (Wildman–Crippen LogP) is 1.50. The number of nitrogens with zero attached hydrogens (tertiary/aromatic N) is 1. The van der Waals surface area contributed by atoms with E-state index in [0.717, 1.165) is 5.92 Å². The highest BCUT2D eigenvalue weighted by molar-refractivity contribution is 14.0. The van der Waals surface area contributed by atoms with Crippen LogP contribution in [0.4, 0.5) is 0 Å². The van der Waals surface area contributed by atoms with Gasteiger partial charge >= 0.3 is 0 Å². The van der Waals surface area contributed by atoms with Crippen LogP contribution in [0.1, 0.15) is 39.0 Å². The number of rotatable bonds is 7.